The number of carbonyl (C=O) groups is 7. The lowest BCUT2D eigenvalue weighted by Crippen LogP contribution is -2.49. The Balaban J connectivity index is 0. The van der Waals surface area contributed by atoms with Gasteiger partial charge in [0, 0.05) is 24.3 Å². The lowest BCUT2D eigenvalue weighted by Gasteiger charge is -2.16. The summed E-state index contributed by atoms with van der Waals surface area (Å²) in [5.74, 6) is -6.68. The quantitative estimate of drug-likeness (QED) is 0.0821. The van der Waals surface area contributed by atoms with Gasteiger partial charge < -0.3 is 47.8 Å². The van der Waals surface area contributed by atoms with Gasteiger partial charge in [0.2, 0.25) is 17.7 Å². The molecule has 0 saturated carbocycles. The number of rotatable bonds is 16. The number of thiol groups is 2. The number of nitrogens with one attached hydrogen (secondary N) is 3. The molecule has 0 spiro atoms. The van der Waals surface area contributed by atoms with Crippen molar-refractivity contribution in [2.45, 2.75) is 49.9 Å². The van der Waals surface area contributed by atoms with E-state index < -0.39 is 72.3 Å². The molecule has 0 aromatic rings. The molecule has 0 rings (SSSR count). The largest absolute Gasteiger partial charge is 0.480 e. The number of carboxylic acids is 4. The van der Waals surface area contributed by atoms with Crippen LogP contribution >= 0.6 is 25.3 Å². The average molecular weight is 558 g/mol. The molecule has 0 aliphatic rings. The van der Waals surface area contributed by atoms with E-state index in [0.717, 1.165) is 0 Å². The number of amides is 3. The molecule has 0 bridgehead atoms. The van der Waals surface area contributed by atoms with Gasteiger partial charge in [0.25, 0.3) is 0 Å². The van der Waals surface area contributed by atoms with Gasteiger partial charge in [-0.15, -0.1) is 0 Å². The van der Waals surface area contributed by atoms with Crippen molar-refractivity contribution >= 4 is 66.9 Å². The van der Waals surface area contributed by atoms with Gasteiger partial charge in [-0.2, -0.15) is 25.3 Å². The van der Waals surface area contributed by atoms with Crippen molar-refractivity contribution < 1.29 is 54.0 Å². The minimum atomic E-state index is -1.22. The smallest absolute Gasteiger partial charge is 0.327 e. The Morgan fingerprint density at radius 2 is 1.06 bits per heavy atom. The molecule has 0 heterocycles. The van der Waals surface area contributed by atoms with Gasteiger partial charge in [-0.05, 0) is 12.8 Å². The SMILES string of the molecule is NC(CCC(=O)NC(CS)C(=O)NCC(=O)O)C(=O)O.N[C@@H](CCC(=O)N[C@@H](CS)C(=O)O)C(=O)O. The van der Waals surface area contributed by atoms with Crippen molar-refractivity contribution in [3.63, 3.8) is 0 Å². The van der Waals surface area contributed by atoms with E-state index >= 15 is 0 Å². The summed E-state index contributed by atoms with van der Waals surface area (Å²) in [7, 11) is 0. The third kappa shape index (κ3) is 17.4. The van der Waals surface area contributed by atoms with E-state index in [-0.39, 0.29) is 37.2 Å². The Hall–Kier alpha value is -3.09. The van der Waals surface area contributed by atoms with E-state index in [1.165, 1.54) is 0 Å². The molecule has 206 valence electrons. The number of nitrogens with two attached hydrogens (primary N) is 2. The minimum absolute atomic E-state index is 0.0256. The van der Waals surface area contributed by atoms with Crippen molar-refractivity contribution in [1.82, 2.24) is 16.0 Å². The highest BCUT2D eigenvalue weighted by Crippen LogP contribution is 1.98. The second-order valence-electron chi connectivity index (χ2n) is 7.02. The molecule has 0 radical (unpaired) electrons. The summed E-state index contributed by atoms with van der Waals surface area (Å²) >= 11 is 7.63. The lowest BCUT2D eigenvalue weighted by molar-refractivity contribution is -0.141. The number of carboxylic acid groups (broad SMARTS) is 4. The third-order valence-corrected chi connectivity index (χ3v) is 4.79. The van der Waals surface area contributed by atoms with Crippen LogP contribution in [0.1, 0.15) is 25.7 Å². The van der Waals surface area contributed by atoms with Gasteiger partial charge in [-0.1, -0.05) is 0 Å². The van der Waals surface area contributed by atoms with Gasteiger partial charge in [0.05, 0.1) is 0 Å². The summed E-state index contributed by atoms with van der Waals surface area (Å²) in [4.78, 5) is 75.8. The minimum Gasteiger partial charge on any atom is -0.480 e. The van der Waals surface area contributed by atoms with Crippen LogP contribution in [0, 0.1) is 0 Å². The van der Waals surface area contributed by atoms with Crippen LogP contribution in [-0.4, -0.2) is 104 Å². The van der Waals surface area contributed by atoms with Crippen molar-refractivity contribution in [3.8, 4) is 0 Å². The van der Waals surface area contributed by atoms with Crippen LogP contribution in [-0.2, 0) is 33.6 Å². The Morgan fingerprint density at radius 1 is 0.667 bits per heavy atom. The molecular weight excluding hydrogens is 526 g/mol. The number of aliphatic carboxylic acids is 4. The average Bonchev–Trinajstić information content (AvgIpc) is 2.80. The lowest BCUT2D eigenvalue weighted by atomic mass is 10.1. The highest BCUT2D eigenvalue weighted by Gasteiger charge is 2.21. The van der Waals surface area contributed by atoms with E-state index in [0.29, 0.717) is 0 Å². The maximum Gasteiger partial charge on any atom is 0.327 e. The van der Waals surface area contributed by atoms with E-state index in [1.54, 1.807) is 0 Å². The topological polar surface area (TPSA) is 289 Å². The molecule has 36 heavy (non-hydrogen) atoms. The van der Waals surface area contributed by atoms with Crippen LogP contribution in [0.2, 0.25) is 0 Å². The third-order valence-electron chi connectivity index (χ3n) is 4.06. The molecule has 0 saturated heterocycles. The molecule has 0 aliphatic carbocycles. The van der Waals surface area contributed by atoms with Crippen molar-refractivity contribution in [3.05, 3.63) is 0 Å². The zero-order chi connectivity index (χ0) is 28.4. The van der Waals surface area contributed by atoms with E-state index in [4.69, 9.17) is 31.9 Å². The molecule has 4 atom stereocenters. The molecule has 0 aromatic carbocycles. The zero-order valence-electron chi connectivity index (χ0n) is 19.0. The Kier molecular flexibility index (Phi) is 18.6. The van der Waals surface area contributed by atoms with Gasteiger partial charge in [-0.3, -0.25) is 28.8 Å². The van der Waals surface area contributed by atoms with E-state index in [9.17, 15) is 33.6 Å². The molecule has 18 heteroatoms. The van der Waals surface area contributed by atoms with E-state index in [1.807, 2.05) is 0 Å². The summed E-state index contributed by atoms with van der Waals surface area (Å²) in [5, 5.41) is 40.6. The van der Waals surface area contributed by atoms with Crippen LogP contribution in [0.15, 0.2) is 0 Å². The molecule has 3 amide bonds. The first kappa shape index (κ1) is 35.1. The zero-order valence-corrected chi connectivity index (χ0v) is 20.7. The van der Waals surface area contributed by atoms with Gasteiger partial charge in [-0.25, -0.2) is 4.79 Å². The molecule has 11 N–H and O–H groups in total. The molecule has 2 unspecified atom stereocenters. The van der Waals surface area contributed by atoms with Crippen LogP contribution in [0.5, 0.6) is 0 Å². The molecule has 0 aliphatic heterocycles. The molecule has 16 nitrogen and oxygen atoms in total. The fourth-order valence-corrected chi connectivity index (χ4v) is 2.52. The van der Waals surface area contributed by atoms with Crippen LogP contribution in [0.25, 0.3) is 0 Å². The fourth-order valence-electron chi connectivity index (χ4n) is 2.02. The Morgan fingerprint density at radius 3 is 1.36 bits per heavy atom. The second kappa shape index (κ2) is 19.1. The molecule has 0 fully saturated rings. The molecule has 0 aromatic heterocycles. The van der Waals surface area contributed by atoms with Crippen molar-refractivity contribution in [2.24, 2.45) is 11.5 Å². The standard InChI is InChI=1S/C10H17N3O6S.C8H14N2O5S/c11-5(10(18)19)1-2-7(14)13-6(4-20)9(17)12-3-8(15)16;9-4(7(12)13)1-2-6(11)10-5(3-16)8(14)15/h5-6,20H,1-4,11H2,(H,12,17)(H,13,14)(H,15,16)(H,18,19);4-5,16H,1-3,9H2,(H,10,11)(H,12,13)(H,14,15)/t;4-,5-/m.0/s1. The second-order valence-corrected chi connectivity index (χ2v) is 7.75. The number of hydrogen-bond donors (Lipinski definition) is 11. The predicted molar refractivity (Wildman–Crippen MR) is 130 cm³/mol. The number of hydrogen-bond acceptors (Lipinski definition) is 11. The first-order chi connectivity index (χ1) is 16.7. The normalized spacial score (nSPS) is 13.4. The summed E-state index contributed by atoms with van der Waals surface area (Å²) in [6.07, 6.45) is -0.410. The van der Waals surface area contributed by atoms with Crippen molar-refractivity contribution in [1.29, 1.82) is 0 Å². The first-order valence-electron chi connectivity index (χ1n) is 10.2. The highest BCUT2D eigenvalue weighted by molar-refractivity contribution is 7.80. The maximum atomic E-state index is 11.5. The summed E-state index contributed by atoms with van der Waals surface area (Å²) < 4.78 is 0. The number of carbonyl (C=O) groups excluding carboxylic acids is 3. The van der Waals surface area contributed by atoms with Gasteiger partial charge >= 0.3 is 23.9 Å². The van der Waals surface area contributed by atoms with Crippen LogP contribution < -0.4 is 27.4 Å². The van der Waals surface area contributed by atoms with E-state index in [2.05, 4.69) is 41.2 Å². The van der Waals surface area contributed by atoms with Gasteiger partial charge in [0.15, 0.2) is 0 Å². The predicted octanol–water partition coefficient (Wildman–Crippen LogP) is -3.53. The fraction of sp³-hybridized carbons (Fsp3) is 0.611. The van der Waals surface area contributed by atoms with Crippen LogP contribution in [0.4, 0.5) is 0 Å². The Labute approximate surface area is 216 Å². The van der Waals surface area contributed by atoms with Crippen LogP contribution in [0.3, 0.4) is 0 Å². The van der Waals surface area contributed by atoms with Crippen molar-refractivity contribution in [2.75, 3.05) is 18.1 Å². The maximum absolute atomic E-state index is 11.5. The summed E-state index contributed by atoms with van der Waals surface area (Å²) in [6.45, 7) is -0.567. The monoisotopic (exact) mass is 557 g/mol. The molecular formula is C18H31N5O11S2. The van der Waals surface area contributed by atoms with Gasteiger partial charge in [0.1, 0.15) is 30.7 Å². The Bertz CT molecular complexity index is 799. The summed E-state index contributed by atoms with van der Waals surface area (Å²) in [6, 6.07) is -4.34. The summed E-state index contributed by atoms with van der Waals surface area (Å²) in [5.41, 5.74) is 10.4. The first-order valence-corrected chi connectivity index (χ1v) is 11.4. The highest BCUT2D eigenvalue weighted by atomic mass is 32.1.